The van der Waals surface area contributed by atoms with E-state index >= 15 is 0 Å². The minimum Gasteiger partial charge on any atom is -0.477 e. The normalized spacial score (nSPS) is 11.3. The standard InChI is InChI=1S/C13H12BrNO4S2/c1-2-8-7-9(14)3-4-10(8)15-21(18,19)12-6-5-11(20-12)13(16)17/h3-7,15H,2H2,1H3,(H,16,17). The average molecular weight is 390 g/mol. The van der Waals surface area contributed by atoms with Gasteiger partial charge in [0.2, 0.25) is 0 Å². The van der Waals surface area contributed by atoms with Crippen molar-refractivity contribution in [1.82, 2.24) is 0 Å². The van der Waals surface area contributed by atoms with Crippen LogP contribution in [-0.2, 0) is 16.4 Å². The molecule has 0 unspecified atom stereocenters. The summed E-state index contributed by atoms with van der Waals surface area (Å²) in [5.41, 5.74) is 1.34. The maximum absolute atomic E-state index is 12.3. The zero-order valence-corrected chi connectivity index (χ0v) is 14.2. The van der Waals surface area contributed by atoms with Crippen LogP contribution in [-0.4, -0.2) is 19.5 Å². The first kappa shape index (κ1) is 16.0. The maximum atomic E-state index is 12.3. The molecular weight excluding hydrogens is 378 g/mol. The molecule has 0 amide bonds. The number of aryl methyl sites for hydroxylation is 1. The molecule has 2 N–H and O–H groups in total. The van der Waals surface area contributed by atoms with Gasteiger partial charge in [-0.1, -0.05) is 22.9 Å². The Bertz CT molecular complexity index is 783. The molecule has 0 saturated carbocycles. The average Bonchev–Trinajstić information content (AvgIpc) is 2.91. The van der Waals surface area contributed by atoms with Crippen molar-refractivity contribution in [2.75, 3.05) is 4.72 Å². The topological polar surface area (TPSA) is 83.5 Å². The van der Waals surface area contributed by atoms with Crippen LogP contribution >= 0.6 is 27.3 Å². The first-order valence-electron chi connectivity index (χ1n) is 5.98. The quantitative estimate of drug-likeness (QED) is 0.818. The Morgan fingerprint density at radius 2 is 2.05 bits per heavy atom. The Morgan fingerprint density at radius 3 is 2.62 bits per heavy atom. The third kappa shape index (κ3) is 3.63. The van der Waals surface area contributed by atoms with Crippen LogP contribution in [0.2, 0.25) is 0 Å². The molecule has 112 valence electrons. The van der Waals surface area contributed by atoms with Crippen LogP contribution in [0.3, 0.4) is 0 Å². The lowest BCUT2D eigenvalue weighted by atomic mass is 10.1. The van der Waals surface area contributed by atoms with E-state index in [2.05, 4.69) is 20.7 Å². The summed E-state index contributed by atoms with van der Waals surface area (Å²) in [6, 6.07) is 7.83. The fraction of sp³-hybridized carbons (Fsp3) is 0.154. The molecule has 0 atom stereocenters. The van der Waals surface area contributed by atoms with Crippen molar-refractivity contribution in [2.45, 2.75) is 17.6 Å². The van der Waals surface area contributed by atoms with Gasteiger partial charge in [-0.2, -0.15) is 0 Å². The van der Waals surface area contributed by atoms with E-state index in [4.69, 9.17) is 5.11 Å². The van der Waals surface area contributed by atoms with Gasteiger partial charge in [0.25, 0.3) is 10.0 Å². The summed E-state index contributed by atoms with van der Waals surface area (Å²) in [6.45, 7) is 1.92. The molecule has 0 saturated heterocycles. The van der Waals surface area contributed by atoms with E-state index in [1.807, 2.05) is 13.0 Å². The van der Waals surface area contributed by atoms with Crippen molar-refractivity contribution in [1.29, 1.82) is 0 Å². The number of carboxylic acid groups (broad SMARTS) is 1. The van der Waals surface area contributed by atoms with E-state index in [1.54, 1.807) is 12.1 Å². The van der Waals surface area contributed by atoms with Gasteiger partial charge < -0.3 is 5.11 Å². The fourth-order valence-corrected chi connectivity index (χ4v) is 4.38. The van der Waals surface area contributed by atoms with E-state index in [9.17, 15) is 13.2 Å². The van der Waals surface area contributed by atoms with Gasteiger partial charge in [-0.05, 0) is 42.3 Å². The van der Waals surface area contributed by atoms with Gasteiger partial charge in [0, 0.05) is 4.47 Å². The maximum Gasteiger partial charge on any atom is 0.345 e. The Balaban J connectivity index is 2.35. The third-order valence-corrected chi connectivity index (χ3v) is 6.17. The van der Waals surface area contributed by atoms with Crippen LogP contribution in [0.1, 0.15) is 22.2 Å². The molecule has 1 aromatic heterocycles. The second-order valence-corrected chi connectivity index (χ2v) is 8.09. The Kier molecular flexibility index (Phi) is 4.70. The van der Waals surface area contributed by atoms with Crippen molar-refractivity contribution < 1.29 is 18.3 Å². The summed E-state index contributed by atoms with van der Waals surface area (Å²) in [7, 11) is -3.78. The first-order chi connectivity index (χ1) is 9.83. The highest BCUT2D eigenvalue weighted by Crippen LogP contribution is 2.27. The monoisotopic (exact) mass is 389 g/mol. The van der Waals surface area contributed by atoms with Crippen molar-refractivity contribution in [3.05, 3.63) is 45.2 Å². The van der Waals surface area contributed by atoms with E-state index in [-0.39, 0.29) is 9.09 Å². The Labute approximate surface area is 134 Å². The third-order valence-electron chi connectivity index (χ3n) is 2.75. The van der Waals surface area contributed by atoms with Crippen molar-refractivity contribution in [2.24, 2.45) is 0 Å². The number of carboxylic acids is 1. The van der Waals surface area contributed by atoms with Crippen molar-refractivity contribution >= 4 is 48.9 Å². The SMILES string of the molecule is CCc1cc(Br)ccc1NS(=O)(=O)c1ccc(C(=O)O)s1. The predicted octanol–water partition coefficient (Wildman–Crippen LogP) is 3.57. The van der Waals surface area contributed by atoms with Gasteiger partial charge in [0.15, 0.2) is 0 Å². The van der Waals surface area contributed by atoms with E-state index < -0.39 is 16.0 Å². The number of nitrogens with one attached hydrogen (secondary N) is 1. The molecule has 8 heteroatoms. The molecule has 0 aliphatic rings. The van der Waals surface area contributed by atoms with Crippen LogP contribution in [0.25, 0.3) is 0 Å². The number of anilines is 1. The number of carbonyl (C=O) groups is 1. The zero-order chi connectivity index (χ0) is 15.6. The number of hydrogen-bond donors (Lipinski definition) is 2. The van der Waals surface area contributed by atoms with Crippen LogP contribution in [0.5, 0.6) is 0 Å². The molecule has 0 bridgehead atoms. The van der Waals surface area contributed by atoms with Crippen LogP contribution in [0.15, 0.2) is 39.0 Å². The van der Waals surface area contributed by atoms with Crippen LogP contribution < -0.4 is 4.72 Å². The van der Waals surface area contributed by atoms with Crippen LogP contribution in [0.4, 0.5) is 5.69 Å². The van der Waals surface area contributed by atoms with Gasteiger partial charge in [-0.25, -0.2) is 13.2 Å². The highest BCUT2D eigenvalue weighted by molar-refractivity contribution is 9.10. The van der Waals surface area contributed by atoms with E-state index in [1.165, 1.54) is 12.1 Å². The molecule has 2 rings (SSSR count). The summed E-state index contributed by atoms with van der Waals surface area (Å²) in [4.78, 5) is 10.8. The molecule has 1 aromatic carbocycles. The van der Waals surface area contributed by atoms with E-state index in [0.29, 0.717) is 12.1 Å². The highest BCUT2D eigenvalue weighted by Gasteiger charge is 2.20. The number of aromatic carboxylic acids is 1. The molecule has 21 heavy (non-hydrogen) atoms. The molecule has 2 aromatic rings. The minimum absolute atomic E-state index is 0.0121. The number of halogens is 1. The number of rotatable bonds is 5. The number of hydrogen-bond acceptors (Lipinski definition) is 4. The summed E-state index contributed by atoms with van der Waals surface area (Å²) >= 11 is 4.07. The number of thiophene rings is 1. The lowest BCUT2D eigenvalue weighted by Crippen LogP contribution is -2.12. The second-order valence-electron chi connectivity index (χ2n) is 4.18. The largest absolute Gasteiger partial charge is 0.477 e. The number of sulfonamides is 1. The highest BCUT2D eigenvalue weighted by atomic mass is 79.9. The summed E-state index contributed by atoms with van der Waals surface area (Å²) in [5.74, 6) is -1.14. The molecule has 1 heterocycles. The molecule has 0 fully saturated rings. The fourth-order valence-electron chi connectivity index (χ4n) is 1.73. The second kappa shape index (κ2) is 6.17. The predicted molar refractivity (Wildman–Crippen MR) is 85.6 cm³/mol. The summed E-state index contributed by atoms with van der Waals surface area (Å²) in [5, 5.41) is 8.86. The van der Waals surface area contributed by atoms with E-state index in [0.717, 1.165) is 21.4 Å². The Hall–Kier alpha value is -1.38. The molecule has 5 nitrogen and oxygen atoms in total. The molecular formula is C13H12BrNO4S2. The van der Waals surface area contributed by atoms with Gasteiger partial charge in [0.1, 0.15) is 9.09 Å². The summed E-state index contributed by atoms with van der Waals surface area (Å²) < 4.78 is 27.9. The molecule has 0 spiro atoms. The minimum atomic E-state index is -3.78. The van der Waals surface area contributed by atoms with Crippen molar-refractivity contribution in [3.63, 3.8) is 0 Å². The number of benzene rings is 1. The molecule has 0 aliphatic heterocycles. The van der Waals surface area contributed by atoms with Crippen LogP contribution in [0, 0.1) is 0 Å². The van der Waals surface area contributed by atoms with Gasteiger partial charge in [-0.15, -0.1) is 11.3 Å². The Morgan fingerprint density at radius 1 is 1.33 bits per heavy atom. The molecule has 0 radical (unpaired) electrons. The smallest absolute Gasteiger partial charge is 0.345 e. The molecule has 0 aliphatic carbocycles. The van der Waals surface area contributed by atoms with Gasteiger partial charge >= 0.3 is 5.97 Å². The zero-order valence-electron chi connectivity index (χ0n) is 11.0. The first-order valence-corrected chi connectivity index (χ1v) is 9.07. The van der Waals surface area contributed by atoms with Gasteiger partial charge in [0.05, 0.1) is 5.69 Å². The summed E-state index contributed by atoms with van der Waals surface area (Å²) in [6.07, 6.45) is 0.669. The lowest BCUT2D eigenvalue weighted by molar-refractivity contribution is 0.0702. The van der Waals surface area contributed by atoms with Gasteiger partial charge in [-0.3, -0.25) is 4.72 Å². The lowest BCUT2D eigenvalue weighted by Gasteiger charge is -2.11. The van der Waals surface area contributed by atoms with Crippen molar-refractivity contribution in [3.8, 4) is 0 Å².